The molecule has 46 heavy (non-hydrogen) atoms. The van der Waals surface area contributed by atoms with E-state index in [1.807, 2.05) is 91.0 Å². The molecular weight excluding hydrogens is 604 g/mol. The van der Waals surface area contributed by atoms with Gasteiger partial charge in [0.25, 0.3) is 0 Å². The van der Waals surface area contributed by atoms with Gasteiger partial charge < -0.3 is 28.8 Å². The van der Waals surface area contributed by atoms with Crippen LogP contribution in [0.25, 0.3) is 0 Å². The fourth-order valence-electron chi connectivity index (χ4n) is 5.17. The maximum atomic E-state index is 12.5. The van der Waals surface area contributed by atoms with Gasteiger partial charge in [0.15, 0.2) is 5.12 Å². The van der Waals surface area contributed by atoms with E-state index in [4.69, 9.17) is 23.7 Å². The van der Waals surface area contributed by atoms with Crippen LogP contribution in [0.5, 0.6) is 0 Å². The normalized spacial score (nSPS) is 21.1. The van der Waals surface area contributed by atoms with E-state index in [1.165, 1.54) is 6.92 Å². The molecule has 0 saturated carbocycles. The molecule has 9 heteroatoms. The first kappa shape index (κ1) is 33.5. The molecule has 4 aromatic rings. The molecule has 240 valence electrons. The molecule has 1 N–H and O–H groups in total. The van der Waals surface area contributed by atoms with E-state index in [9.17, 15) is 14.7 Å². The molecule has 0 amide bonds. The monoisotopic (exact) mass is 642 g/mol. The summed E-state index contributed by atoms with van der Waals surface area (Å²) in [6, 6.07) is 36.1. The minimum atomic E-state index is -0.985. The average molecular weight is 643 g/mol. The molecule has 0 bridgehead atoms. The number of hydrogen-bond acceptors (Lipinski definition) is 8. The lowest BCUT2D eigenvalue weighted by molar-refractivity contribution is -0.254. The molecule has 0 unspecified atom stereocenters. The van der Waals surface area contributed by atoms with Crippen LogP contribution in [0.2, 0.25) is 0 Å². The minimum absolute atomic E-state index is 0.109. The summed E-state index contributed by atoms with van der Waals surface area (Å²) in [4.78, 5) is 23.7. The lowest BCUT2D eigenvalue weighted by Crippen LogP contribution is -2.60. The third-order valence-corrected chi connectivity index (χ3v) is 8.42. The molecule has 4 aromatic carbocycles. The van der Waals surface area contributed by atoms with Crippen LogP contribution in [0.3, 0.4) is 0 Å². The van der Waals surface area contributed by atoms with Gasteiger partial charge in [0, 0.05) is 6.92 Å². The fourth-order valence-corrected chi connectivity index (χ4v) is 6.07. The molecule has 1 aliphatic rings. The fraction of sp³-hybridized carbons (Fsp3) is 0.297. The van der Waals surface area contributed by atoms with Crippen molar-refractivity contribution < 1.29 is 38.4 Å². The van der Waals surface area contributed by atoms with Crippen LogP contribution in [0, 0.1) is 0 Å². The predicted molar refractivity (Wildman–Crippen MR) is 175 cm³/mol. The first-order chi connectivity index (χ1) is 22.5. The second-order valence-electron chi connectivity index (χ2n) is 11.0. The molecule has 0 spiro atoms. The van der Waals surface area contributed by atoms with Crippen molar-refractivity contribution in [3.8, 4) is 0 Å². The second kappa shape index (κ2) is 17.2. The molecule has 5 atom stereocenters. The highest BCUT2D eigenvalue weighted by molar-refractivity contribution is 8.14. The highest BCUT2D eigenvalue weighted by Gasteiger charge is 2.49. The van der Waals surface area contributed by atoms with Crippen molar-refractivity contribution >= 4 is 22.8 Å². The Morgan fingerprint density at radius 1 is 0.630 bits per heavy atom. The van der Waals surface area contributed by atoms with Crippen molar-refractivity contribution in [2.75, 3.05) is 6.61 Å². The van der Waals surface area contributed by atoms with Gasteiger partial charge in [-0.3, -0.25) is 4.79 Å². The summed E-state index contributed by atoms with van der Waals surface area (Å²) in [5.74, 6) is -0.985. The molecule has 1 aliphatic heterocycles. The lowest BCUT2D eigenvalue weighted by atomic mass is 9.98. The molecule has 8 nitrogen and oxygen atoms in total. The van der Waals surface area contributed by atoms with Crippen LogP contribution >= 0.6 is 11.8 Å². The van der Waals surface area contributed by atoms with E-state index >= 15 is 0 Å². The Bertz CT molecular complexity index is 1500. The van der Waals surface area contributed by atoms with Crippen LogP contribution in [0.1, 0.15) is 39.5 Å². The summed E-state index contributed by atoms with van der Waals surface area (Å²) in [5, 5.41) is 9.12. The summed E-state index contributed by atoms with van der Waals surface area (Å²) in [5.41, 5.74) is 3.31. The molecule has 1 heterocycles. The Kier molecular flexibility index (Phi) is 12.5. The van der Waals surface area contributed by atoms with Crippen LogP contribution in [-0.4, -0.2) is 52.6 Å². The summed E-state index contributed by atoms with van der Waals surface area (Å²) in [7, 11) is 0. The minimum Gasteiger partial charge on any atom is -0.478 e. The van der Waals surface area contributed by atoms with E-state index in [0.717, 1.165) is 34.0 Å². The van der Waals surface area contributed by atoms with Gasteiger partial charge in [-0.25, -0.2) is 4.79 Å². The maximum absolute atomic E-state index is 12.5. The Hall–Kier alpha value is -3.83. The zero-order chi connectivity index (χ0) is 32.1. The van der Waals surface area contributed by atoms with Crippen LogP contribution in [0.4, 0.5) is 0 Å². The van der Waals surface area contributed by atoms with Gasteiger partial charge >= 0.3 is 5.97 Å². The second-order valence-corrected chi connectivity index (χ2v) is 12.2. The quantitative estimate of drug-likeness (QED) is 0.153. The number of carbonyl (C=O) groups excluding carboxylic acids is 1. The van der Waals surface area contributed by atoms with Gasteiger partial charge in [0.2, 0.25) is 0 Å². The Morgan fingerprint density at radius 2 is 1.09 bits per heavy atom. The van der Waals surface area contributed by atoms with E-state index in [2.05, 4.69) is 0 Å². The van der Waals surface area contributed by atoms with Gasteiger partial charge in [0.05, 0.1) is 38.6 Å². The summed E-state index contributed by atoms with van der Waals surface area (Å²) >= 11 is 1.07. The zero-order valence-electron chi connectivity index (χ0n) is 25.6. The zero-order valence-corrected chi connectivity index (χ0v) is 26.4. The molecule has 0 radical (unpaired) electrons. The first-order valence-electron chi connectivity index (χ1n) is 15.2. The number of hydrogen-bond donors (Lipinski definition) is 1. The first-order valence-corrected chi connectivity index (χ1v) is 16.0. The standard InChI is InChI=1S/C37H38O8S/c1-26(38)46-37-35(44-24-29-15-9-4-10-16-29)34(43-23-28-13-7-3-8-14-28)33(42-22-27-11-5-2-6-12-27)32(45-37)25-41-21-30-17-19-31(20-18-30)36(39)40/h2-20,32-35,37H,21-25H2,1H3,(H,39,40)/t32-,33-,34+,35-,37+/m1/s1. The van der Waals surface area contributed by atoms with E-state index < -0.39 is 35.8 Å². The maximum Gasteiger partial charge on any atom is 0.335 e. The van der Waals surface area contributed by atoms with Gasteiger partial charge in [-0.05, 0) is 34.4 Å². The van der Waals surface area contributed by atoms with E-state index in [-0.39, 0.29) is 23.9 Å². The van der Waals surface area contributed by atoms with Crippen molar-refractivity contribution in [3.05, 3.63) is 143 Å². The molecular formula is C37H38O8S. The number of carbonyl (C=O) groups is 2. The summed E-state index contributed by atoms with van der Waals surface area (Å²) in [6.45, 7) is 2.80. The molecule has 1 fully saturated rings. The highest BCUT2D eigenvalue weighted by atomic mass is 32.2. The Balaban J connectivity index is 1.41. The highest BCUT2D eigenvalue weighted by Crippen LogP contribution is 2.35. The topological polar surface area (TPSA) is 101 Å². The van der Waals surface area contributed by atoms with Crippen molar-refractivity contribution in [3.63, 3.8) is 0 Å². The number of carboxylic acid groups (broad SMARTS) is 1. The SMILES string of the molecule is CC(=O)S[C@@H]1O[C@H](COCc2ccc(C(=O)O)cc2)[C@@H](OCc2ccccc2)[C@H](OCc2ccccc2)[C@H]1OCc1ccccc1. The number of thioether (sulfide) groups is 1. The third kappa shape index (κ3) is 9.83. The summed E-state index contributed by atoms with van der Waals surface area (Å²) in [6.07, 6.45) is -2.46. The number of benzene rings is 4. The molecule has 5 rings (SSSR count). The lowest BCUT2D eigenvalue weighted by Gasteiger charge is -2.45. The number of carboxylic acids is 1. The van der Waals surface area contributed by atoms with Gasteiger partial charge in [0.1, 0.15) is 29.9 Å². The van der Waals surface area contributed by atoms with Gasteiger partial charge in [-0.1, -0.05) is 115 Å². The average Bonchev–Trinajstić information content (AvgIpc) is 3.07. The van der Waals surface area contributed by atoms with Gasteiger partial charge in [-0.15, -0.1) is 0 Å². The van der Waals surface area contributed by atoms with Crippen molar-refractivity contribution in [1.82, 2.24) is 0 Å². The van der Waals surface area contributed by atoms with Crippen LogP contribution in [0.15, 0.2) is 115 Å². The predicted octanol–water partition coefficient (Wildman–Crippen LogP) is 6.66. The molecule has 0 aliphatic carbocycles. The molecule has 0 aromatic heterocycles. The number of rotatable bonds is 15. The van der Waals surface area contributed by atoms with E-state index in [1.54, 1.807) is 24.3 Å². The van der Waals surface area contributed by atoms with Crippen LogP contribution in [-0.2, 0) is 54.9 Å². The summed E-state index contributed by atoms with van der Waals surface area (Å²) < 4.78 is 32.5. The largest absolute Gasteiger partial charge is 0.478 e. The van der Waals surface area contributed by atoms with Crippen molar-refractivity contribution in [2.45, 2.75) is 63.2 Å². The number of ether oxygens (including phenoxy) is 5. The van der Waals surface area contributed by atoms with E-state index in [0.29, 0.717) is 19.8 Å². The Labute approximate surface area is 273 Å². The van der Waals surface area contributed by atoms with Crippen LogP contribution < -0.4 is 0 Å². The third-order valence-electron chi connectivity index (χ3n) is 7.48. The Morgan fingerprint density at radius 3 is 1.57 bits per heavy atom. The van der Waals surface area contributed by atoms with Gasteiger partial charge in [-0.2, -0.15) is 0 Å². The van der Waals surface area contributed by atoms with Crippen molar-refractivity contribution in [2.24, 2.45) is 0 Å². The number of aromatic carboxylic acids is 1. The molecule has 1 saturated heterocycles. The van der Waals surface area contributed by atoms with Crippen molar-refractivity contribution in [1.29, 1.82) is 0 Å². The smallest absolute Gasteiger partial charge is 0.335 e.